The molecule has 2 rings (SSSR count). The highest BCUT2D eigenvalue weighted by Crippen LogP contribution is 2.32. The van der Waals surface area contributed by atoms with E-state index in [4.69, 9.17) is 0 Å². The molecule has 0 bridgehead atoms. The number of nitrogens with one attached hydrogen (secondary N) is 1. The van der Waals surface area contributed by atoms with Crippen molar-refractivity contribution in [3.63, 3.8) is 0 Å². The van der Waals surface area contributed by atoms with Gasteiger partial charge in [-0.15, -0.1) is 21.5 Å². The second kappa shape index (κ2) is 6.41. The fourth-order valence-corrected chi connectivity index (χ4v) is 3.67. The lowest BCUT2D eigenvalue weighted by molar-refractivity contribution is 0.513. The maximum atomic E-state index is 4.34. The van der Waals surface area contributed by atoms with Gasteiger partial charge in [0.1, 0.15) is 5.01 Å². The molecular formula is C13H19N3S2. The van der Waals surface area contributed by atoms with Crippen LogP contribution in [0.1, 0.15) is 42.6 Å². The topological polar surface area (TPSA) is 37.8 Å². The van der Waals surface area contributed by atoms with E-state index in [2.05, 4.69) is 48.4 Å². The Morgan fingerprint density at radius 1 is 1.22 bits per heavy atom. The zero-order chi connectivity index (χ0) is 13.0. The zero-order valence-corrected chi connectivity index (χ0v) is 12.7. The first-order valence-corrected chi connectivity index (χ1v) is 8.01. The molecule has 0 aromatic carbocycles. The van der Waals surface area contributed by atoms with E-state index in [9.17, 15) is 0 Å². The quantitative estimate of drug-likeness (QED) is 0.869. The van der Waals surface area contributed by atoms with Crippen LogP contribution in [0, 0.1) is 6.92 Å². The summed E-state index contributed by atoms with van der Waals surface area (Å²) in [6.07, 6.45) is 2.20. The molecule has 0 amide bonds. The van der Waals surface area contributed by atoms with Gasteiger partial charge in [-0.1, -0.05) is 25.2 Å². The Balaban J connectivity index is 2.13. The van der Waals surface area contributed by atoms with Crippen LogP contribution in [0.25, 0.3) is 9.88 Å². The largest absolute Gasteiger partial charge is 0.308 e. The summed E-state index contributed by atoms with van der Waals surface area (Å²) in [7, 11) is 0. The molecule has 18 heavy (non-hydrogen) atoms. The number of hydrogen-bond donors (Lipinski definition) is 1. The molecule has 1 N–H and O–H groups in total. The van der Waals surface area contributed by atoms with Crippen LogP contribution in [0.3, 0.4) is 0 Å². The van der Waals surface area contributed by atoms with Crippen molar-refractivity contribution in [3.05, 3.63) is 22.0 Å². The number of nitrogens with zero attached hydrogens (tertiary/aromatic N) is 2. The van der Waals surface area contributed by atoms with Gasteiger partial charge in [0.05, 0.1) is 10.9 Å². The number of thiophene rings is 1. The van der Waals surface area contributed by atoms with E-state index >= 15 is 0 Å². The van der Waals surface area contributed by atoms with E-state index in [1.54, 1.807) is 22.7 Å². The van der Waals surface area contributed by atoms with Crippen molar-refractivity contribution in [3.8, 4) is 9.88 Å². The predicted octanol–water partition coefficient (Wildman–Crippen LogP) is 4.03. The minimum Gasteiger partial charge on any atom is -0.308 e. The van der Waals surface area contributed by atoms with Crippen molar-refractivity contribution < 1.29 is 0 Å². The fourth-order valence-electron chi connectivity index (χ4n) is 1.75. The highest BCUT2D eigenvalue weighted by atomic mass is 32.1. The zero-order valence-electron chi connectivity index (χ0n) is 11.1. The van der Waals surface area contributed by atoms with Gasteiger partial charge in [0.25, 0.3) is 0 Å². The maximum Gasteiger partial charge on any atom is 0.157 e. The Morgan fingerprint density at radius 3 is 2.67 bits per heavy atom. The minimum absolute atomic E-state index is 0.345. The fraction of sp³-hybridized carbons (Fsp3) is 0.538. The van der Waals surface area contributed by atoms with Crippen molar-refractivity contribution in [2.24, 2.45) is 0 Å². The molecule has 1 atom stereocenters. The second-order valence-electron chi connectivity index (χ2n) is 4.27. The second-order valence-corrected chi connectivity index (χ2v) is 6.57. The minimum atomic E-state index is 0.345. The van der Waals surface area contributed by atoms with Crippen molar-refractivity contribution >= 4 is 22.7 Å². The molecule has 0 radical (unpaired) electrons. The number of aromatic nitrogens is 2. The van der Waals surface area contributed by atoms with Crippen LogP contribution in [-0.4, -0.2) is 16.7 Å². The molecule has 5 heteroatoms. The summed E-state index contributed by atoms with van der Waals surface area (Å²) in [5.41, 5.74) is 0. The molecular weight excluding hydrogens is 262 g/mol. The third kappa shape index (κ3) is 3.16. The molecule has 2 heterocycles. The van der Waals surface area contributed by atoms with E-state index in [0.29, 0.717) is 6.04 Å². The molecule has 0 aliphatic carbocycles. The number of aryl methyl sites for hydroxylation is 1. The first-order valence-electron chi connectivity index (χ1n) is 6.38. The van der Waals surface area contributed by atoms with Crippen LogP contribution in [0.15, 0.2) is 12.1 Å². The van der Waals surface area contributed by atoms with Crippen LogP contribution < -0.4 is 5.32 Å². The van der Waals surface area contributed by atoms with Crippen LogP contribution in [-0.2, 0) is 0 Å². The number of rotatable bonds is 6. The molecule has 0 saturated carbocycles. The molecule has 1 unspecified atom stereocenters. The van der Waals surface area contributed by atoms with E-state index in [1.807, 2.05) is 0 Å². The Morgan fingerprint density at radius 2 is 2.06 bits per heavy atom. The Bertz CT molecular complexity index is 490. The molecule has 0 aliphatic rings. The predicted molar refractivity (Wildman–Crippen MR) is 79.3 cm³/mol. The standard InChI is InChI=1S/C13H19N3S2/c1-4-8-14-10(5-2)12-15-16-13(18-12)11-7-6-9(3)17-11/h6-7,10,14H,4-5,8H2,1-3H3. The lowest BCUT2D eigenvalue weighted by atomic mass is 10.2. The molecule has 0 fully saturated rings. The van der Waals surface area contributed by atoms with Crippen LogP contribution in [0.5, 0.6) is 0 Å². The van der Waals surface area contributed by atoms with Gasteiger partial charge in [-0.25, -0.2) is 0 Å². The SMILES string of the molecule is CCCNC(CC)c1nnc(-c2ccc(C)s2)s1. The van der Waals surface area contributed by atoms with E-state index < -0.39 is 0 Å². The summed E-state index contributed by atoms with van der Waals surface area (Å²) < 4.78 is 0. The van der Waals surface area contributed by atoms with E-state index in [0.717, 1.165) is 29.4 Å². The van der Waals surface area contributed by atoms with Gasteiger partial charge in [0, 0.05) is 4.88 Å². The summed E-state index contributed by atoms with van der Waals surface area (Å²) in [4.78, 5) is 2.54. The highest BCUT2D eigenvalue weighted by Gasteiger charge is 2.15. The average molecular weight is 281 g/mol. The molecule has 0 aliphatic heterocycles. The lowest BCUT2D eigenvalue weighted by Crippen LogP contribution is -2.21. The van der Waals surface area contributed by atoms with Gasteiger partial charge >= 0.3 is 0 Å². The molecule has 98 valence electrons. The summed E-state index contributed by atoms with van der Waals surface area (Å²) in [6, 6.07) is 4.61. The van der Waals surface area contributed by atoms with Gasteiger partial charge in [-0.3, -0.25) is 0 Å². The van der Waals surface area contributed by atoms with Crippen LogP contribution >= 0.6 is 22.7 Å². The van der Waals surface area contributed by atoms with E-state index in [-0.39, 0.29) is 0 Å². The van der Waals surface area contributed by atoms with Crippen molar-refractivity contribution in [1.82, 2.24) is 15.5 Å². The molecule has 2 aromatic heterocycles. The molecule has 3 nitrogen and oxygen atoms in total. The summed E-state index contributed by atoms with van der Waals surface area (Å²) in [5, 5.41) is 14.3. The number of hydrogen-bond acceptors (Lipinski definition) is 5. The Hall–Kier alpha value is -0.780. The van der Waals surface area contributed by atoms with E-state index in [1.165, 1.54) is 9.75 Å². The van der Waals surface area contributed by atoms with Gasteiger partial charge in [0.15, 0.2) is 5.01 Å². The first-order chi connectivity index (χ1) is 8.74. The third-order valence-electron chi connectivity index (χ3n) is 2.74. The molecule has 0 saturated heterocycles. The molecule has 0 spiro atoms. The highest BCUT2D eigenvalue weighted by molar-refractivity contribution is 7.21. The Kier molecular flexibility index (Phi) is 4.86. The first kappa shape index (κ1) is 13.6. The van der Waals surface area contributed by atoms with Gasteiger partial charge < -0.3 is 5.32 Å². The maximum absolute atomic E-state index is 4.34. The normalized spacial score (nSPS) is 12.8. The summed E-state index contributed by atoms with van der Waals surface area (Å²) in [5.74, 6) is 0. The molecule has 2 aromatic rings. The average Bonchev–Trinajstić information content (AvgIpc) is 2.99. The van der Waals surface area contributed by atoms with Gasteiger partial charge in [0.2, 0.25) is 0 Å². The summed E-state index contributed by atoms with van der Waals surface area (Å²) in [6.45, 7) is 7.52. The van der Waals surface area contributed by atoms with Crippen molar-refractivity contribution in [2.75, 3.05) is 6.54 Å². The van der Waals surface area contributed by atoms with Gasteiger partial charge in [-0.2, -0.15) is 0 Å². The van der Waals surface area contributed by atoms with Crippen LogP contribution in [0.4, 0.5) is 0 Å². The third-order valence-corrected chi connectivity index (χ3v) is 4.95. The Labute approximate surface area is 116 Å². The van der Waals surface area contributed by atoms with Crippen molar-refractivity contribution in [1.29, 1.82) is 0 Å². The van der Waals surface area contributed by atoms with Gasteiger partial charge in [-0.05, 0) is 38.4 Å². The lowest BCUT2D eigenvalue weighted by Gasteiger charge is -2.12. The monoisotopic (exact) mass is 281 g/mol. The van der Waals surface area contributed by atoms with Crippen molar-refractivity contribution in [2.45, 2.75) is 39.7 Å². The summed E-state index contributed by atoms with van der Waals surface area (Å²) >= 11 is 3.49. The smallest absolute Gasteiger partial charge is 0.157 e. The van der Waals surface area contributed by atoms with Crippen LogP contribution in [0.2, 0.25) is 0 Å².